The summed E-state index contributed by atoms with van der Waals surface area (Å²) in [6.07, 6.45) is 6.33. The highest BCUT2D eigenvalue weighted by Gasteiger charge is 2.10. The fraction of sp³-hybridized carbons (Fsp3) is 0.500. The molecule has 1 N–H and O–H groups in total. The van der Waals surface area contributed by atoms with E-state index in [0.717, 1.165) is 12.8 Å². The van der Waals surface area contributed by atoms with Crippen molar-refractivity contribution < 1.29 is 4.79 Å². The molecule has 0 unspecified atom stereocenters. The third-order valence-electron chi connectivity index (χ3n) is 2.14. The van der Waals surface area contributed by atoms with Gasteiger partial charge in [-0.05, 0) is 12.8 Å². The van der Waals surface area contributed by atoms with Crippen LogP contribution in [0.2, 0.25) is 0 Å². The molecule has 0 aromatic carbocycles. The van der Waals surface area contributed by atoms with Crippen LogP contribution < -0.4 is 5.32 Å². The molecule has 1 amide bonds. The van der Waals surface area contributed by atoms with Gasteiger partial charge in [-0.25, -0.2) is 9.97 Å². The van der Waals surface area contributed by atoms with Crippen molar-refractivity contribution in [2.45, 2.75) is 32.7 Å². The average Bonchev–Trinajstić information content (AvgIpc) is 2.26. The van der Waals surface area contributed by atoms with Crippen LogP contribution in [-0.4, -0.2) is 21.9 Å². The molecule has 0 fully saturated rings. The quantitative estimate of drug-likeness (QED) is 0.786. The third kappa shape index (κ3) is 2.80. The number of hydrogen-bond acceptors (Lipinski definition) is 3. The minimum Gasteiger partial charge on any atom is -0.349 e. The van der Waals surface area contributed by atoms with E-state index in [1.54, 1.807) is 0 Å². The molecule has 1 aromatic rings. The highest BCUT2D eigenvalue weighted by Crippen LogP contribution is 1.99. The Morgan fingerprint density at radius 2 is 1.93 bits per heavy atom. The Hall–Kier alpha value is -1.45. The molecule has 1 rings (SSSR count). The van der Waals surface area contributed by atoms with Gasteiger partial charge in [0.25, 0.3) is 5.91 Å². The van der Waals surface area contributed by atoms with Crippen molar-refractivity contribution in [2.75, 3.05) is 0 Å². The first-order chi connectivity index (χ1) is 6.77. The third-order valence-corrected chi connectivity index (χ3v) is 2.14. The molecule has 0 saturated carbocycles. The van der Waals surface area contributed by atoms with Crippen molar-refractivity contribution in [3.8, 4) is 0 Å². The SMILES string of the molecule is CCC(CC)NC(=O)c1cncnc1. The van der Waals surface area contributed by atoms with Gasteiger partial charge in [-0.15, -0.1) is 0 Å². The molecule has 76 valence electrons. The second-order valence-electron chi connectivity index (χ2n) is 3.11. The highest BCUT2D eigenvalue weighted by molar-refractivity contribution is 5.93. The first kappa shape index (κ1) is 10.6. The minimum atomic E-state index is -0.0979. The van der Waals surface area contributed by atoms with E-state index < -0.39 is 0 Å². The Labute approximate surface area is 83.8 Å². The molecule has 4 nitrogen and oxygen atoms in total. The van der Waals surface area contributed by atoms with Crippen LogP contribution in [-0.2, 0) is 0 Å². The summed E-state index contributed by atoms with van der Waals surface area (Å²) in [4.78, 5) is 19.2. The maximum absolute atomic E-state index is 11.6. The average molecular weight is 193 g/mol. The van der Waals surface area contributed by atoms with Gasteiger partial charge in [-0.1, -0.05) is 13.8 Å². The first-order valence-electron chi connectivity index (χ1n) is 4.83. The van der Waals surface area contributed by atoms with Crippen LogP contribution in [0.5, 0.6) is 0 Å². The van der Waals surface area contributed by atoms with Crippen LogP contribution in [0.1, 0.15) is 37.0 Å². The monoisotopic (exact) mass is 193 g/mol. The molecule has 14 heavy (non-hydrogen) atoms. The van der Waals surface area contributed by atoms with E-state index in [1.807, 2.05) is 0 Å². The fourth-order valence-electron chi connectivity index (χ4n) is 1.18. The van der Waals surface area contributed by atoms with Gasteiger partial charge in [-0.3, -0.25) is 4.79 Å². The standard InChI is InChI=1S/C10H15N3O/c1-3-9(4-2)13-10(14)8-5-11-7-12-6-8/h5-7,9H,3-4H2,1-2H3,(H,13,14). The molecule has 0 aliphatic rings. The summed E-state index contributed by atoms with van der Waals surface area (Å²) in [7, 11) is 0. The van der Waals surface area contributed by atoms with Crippen LogP contribution in [0.15, 0.2) is 18.7 Å². The molecule has 0 bridgehead atoms. The minimum absolute atomic E-state index is 0.0979. The molecule has 0 aliphatic heterocycles. The lowest BCUT2D eigenvalue weighted by atomic mass is 10.1. The predicted octanol–water partition coefficient (Wildman–Crippen LogP) is 1.40. The molecule has 0 spiro atoms. The molecule has 4 heteroatoms. The number of rotatable bonds is 4. The number of hydrogen-bond donors (Lipinski definition) is 1. The first-order valence-corrected chi connectivity index (χ1v) is 4.83. The van der Waals surface area contributed by atoms with Crippen molar-refractivity contribution in [1.29, 1.82) is 0 Å². The Morgan fingerprint density at radius 1 is 1.36 bits per heavy atom. The second-order valence-corrected chi connectivity index (χ2v) is 3.11. The van der Waals surface area contributed by atoms with Crippen LogP contribution in [0.25, 0.3) is 0 Å². The zero-order chi connectivity index (χ0) is 10.4. The topological polar surface area (TPSA) is 54.9 Å². The van der Waals surface area contributed by atoms with Crippen LogP contribution in [0.3, 0.4) is 0 Å². The van der Waals surface area contributed by atoms with Crippen LogP contribution in [0, 0.1) is 0 Å². The lowest BCUT2D eigenvalue weighted by Crippen LogP contribution is -2.33. The van der Waals surface area contributed by atoms with Crippen molar-refractivity contribution >= 4 is 5.91 Å². The summed E-state index contributed by atoms with van der Waals surface area (Å²) >= 11 is 0. The molecular weight excluding hydrogens is 178 g/mol. The lowest BCUT2D eigenvalue weighted by Gasteiger charge is -2.13. The molecule has 0 atom stereocenters. The molecular formula is C10H15N3O. The summed E-state index contributed by atoms with van der Waals surface area (Å²) < 4.78 is 0. The van der Waals surface area contributed by atoms with E-state index in [2.05, 4.69) is 29.1 Å². The van der Waals surface area contributed by atoms with Crippen molar-refractivity contribution in [1.82, 2.24) is 15.3 Å². The maximum atomic E-state index is 11.6. The Morgan fingerprint density at radius 3 is 2.43 bits per heavy atom. The summed E-state index contributed by atoms with van der Waals surface area (Å²) in [5.74, 6) is -0.0979. The number of nitrogens with one attached hydrogen (secondary N) is 1. The van der Waals surface area contributed by atoms with Gasteiger partial charge in [0.05, 0.1) is 5.56 Å². The van der Waals surface area contributed by atoms with E-state index in [9.17, 15) is 4.79 Å². The van der Waals surface area contributed by atoms with E-state index in [-0.39, 0.29) is 11.9 Å². The molecule has 0 radical (unpaired) electrons. The van der Waals surface area contributed by atoms with Crippen LogP contribution in [0.4, 0.5) is 0 Å². The summed E-state index contributed by atoms with van der Waals surface area (Å²) in [6, 6.07) is 0.239. The number of amides is 1. The molecule has 1 heterocycles. The normalized spacial score (nSPS) is 10.2. The maximum Gasteiger partial charge on any atom is 0.254 e. The Kier molecular flexibility index (Phi) is 4.04. The smallest absolute Gasteiger partial charge is 0.254 e. The zero-order valence-electron chi connectivity index (χ0n) is 8.53. The van der Waals surface area contributed by atoms with Gasteiger partial charge < -0.3 is 5.32 Å². The van der Waals surface area contributed by atoms with Gasteiger partial charge in [0.2, 0.25) is 0 Å². The van der Waals surface area contributed by atoms with Crippen molar-refractivity contribution in [3.63, 3.8) is 0 Å². The Bertz CT molecular complexity index is 283. The van der Waals surface area contributed by atoms with Gasteiger partial charge in [0.15, 0.2) is 0 Å². The number of aromatic nitrogens is 2. The largest absolute Gasteiger partial charge is 0.349 e. The second kappa shape index (κ2) is 5.32. The van der Waals surface area contributed by atoms with Gasteiger partial charge in [0.1, 0.15) is 6.33 Å². The summed E-state index contributed by atoms with van der Waals surface area (Å²) in [5, 5.41) is 2.91. The lowest BCUT2D eigenvalue weighted by molar-refractivity contribution is 0.0934. The van der Waals surface area contributed by atoms with Crippen LogP contribution >= 0.6 is 0 Å². The van der Waals surface area contributed by atoms with Gasteiger partial charge in [-0.2, -0.15) is 0 Å². The van der Waals surface area contributed by atoms with E-state index >= 15 is 0 Å². The van der Waals surface area contributed by atoms with E-state index in [0.29, 0.717) is 5.56 Å². The zero-order valence-corrected chi connectivity index (χ0v) is 8.53. The van der Waals surface area contributed by atoms with E-state index in [4.69, 9.17) is 0 Å². The molecule has 1 aromatic heterocycles. The van der Waals surface area contributed by atoms with Gasteiger partial charge in [0, 0.05) is 18.4 Å². The summed E-state index contributed by atoms with van der Waals surface area (Å²) in [5.41, 5.74) is 0.513. The molecule has 0 aliphatic carbocycles. The molecule has 0 saturated heterocycles. The number of carbonyl (C=O) groups is 1. The van der Waals surface area contributed by atoms with Crippen molar-refractivity contribution in [3.05, 3.63) is 24.3 Å². The summed E-state index contributed by atoms with van der Waals surface area (Å²) in [6.45, 7) is 4.10. The predicted molar refractivity (Wildman–Crippen MR) is 53.9 cm³/mol. The fourth-order valence-corrected chi connectivity index (χ4v) is 1.18. The van der Waals surface area contributed by atoms with Gasteiger partial charge >= 0.3 is 0 Å². The van der Waals surface area contributed by atoms with E-state index in [1.165, 1.54) is 18.7 Å². The number of nitrogens with zero attached hydrogens (tertiary/aromatic N) is 2. The number of carbonyl (C=O) groups excluding carboxylic acids is 1. The highest BCUT2D eigenvalue weighted by atomic mass is 16.1. The Balaban J connectivity index is 2.59. The van der Waals surface area contributed by atoms with Crippen molar-refractivity contribution in [2.24, 2.45) is 0 Å².